The standard InChI is InChI=1S/C9H13FN2O2S/c1-3-12-15(13,14)7-4-5-9(11-2)8(10)6-7/h4-6,11-12H,3H2,1-2H3. The van der Waals surface area contributed by atoms with Gasteiger partial charge in [0.1, 0.15) is 5.82 Å². The lowest BCUT2D eigenvalue weighted by molar-refractivity contribution is 0.580. The summed E-state index contributed by atoms with van der Waals surface area (Å²) in [6.45, 7) is 1.94. The smallest absolute Gasteiger partial charge is 0.240 e. The lowest BCUT2D eigenvalue weighted by Gasteiger charge is -2.06. The SMILES string of the molecule is CCNS(=O)(=O)c1ccc(NC)c(F)c1. The molecule has 1 rings (SSSR count). The number of benzene rings is 1. The fraction of sp³-hybridized carbons (Fsp3) is 0.333. The fourth-order valence-corrected chi connectivity index (χ4v) is 2.19. The number of hydrogen-bond donors (Lipinski definition) is 2. The van der Waals surface area contributed by atoms with Crippen LogP contribution < -0.4 is 10.0 Å². The van der Waals surface area contributed by atoms with Gasteiger partial charge in [-0.3, -0.25) is 0 Å². The van der Waals surface area contributed by atoms with Crippen molar-refractivity contribution in [2.45, 2.75) is 11.8 Å². The lowest BCUT2D eigenvalue weighted by atomic mass is 10.3. The predicted molar refractivity (Wildman–Crippen MR) is 56.8 cm³/mol. The van der Waals surface area contributed by atoms with Crippen molar-refractivity contribution >= 4 is 15.7 Å². The molecule has 1 aromatic carbocycles. The summed E-state index contributed by atoms with van der Waals surface area (Å²) in [7, 11) is -2.01. The zero-order chi connectivity index (χ0) is 11.5. The minimum atomic E-state index is -3.58. The first-order chi connectivity index (χ1) is 7.01. The van der Waals surface area contributed by atoms with Crippen molar-refractivity contribution in [2.75, 3.05) is 18.9 Å². The van der Waals surface area contributed by atoms with E-state index in [1.807, 2.05) is 0 Å². The van der Waals surface area contributed by atoms with Gasteiger partial charge in [-0.25, -0.2) is 17.5 Å². The van der Waals surface area contributed by atoms with Crippen LogP contribution in [0.3, 0.4) is 0 Å². The van der Waals surface area contributed by atoms with E-state index in [0.29, 0.717) is 0 Å². The molecule has 84 valence electrons. The maximum atomic E-state index is 13.3. The summed E-state index contributed by atoms with van der Waals surface area (Å²) in [6, 6.07) is 3.73. The third kappa shape index (κ3) is 2.66. The molecule has 0 aliphatic heterocycles. The summed E-state index contributed by atoms with van der Waals surface area (Å²) in [5, 5.41) is 2.62. The van der Waals surface area contributed by atoms with Crippen molar-refractivity contribution in [1.29, 1.82) is 0 Å². The van der Waals surface area contributed by atoms with Crippen molar-refractivity contribution in [3.63, 3.8) is 0 Å². The molecular weight excluding hydrogens is 219 g/mol. The molecule has 2 N–H and O–H groups in total. The first kappa shape index (κ1) is 11.9. The van der Waals surface area contributed by atoms with Gasteiger partial charge in [0.15, 0.2) is 0 Å². The van der Waals surface area contributed by atoms with Gasteiger partial charge in [0, 0.05) is 13.6 Å². The summed E-state index contributed by atoms with van der Waals surface area (Å²) < 4.78 is 38.5. The van der Waals surface area contributed by atoms with Crippen LogP contribution in [-0.4, -0.2) is 22.0 Å². The Morgan fingerprint density at radius 3 is 2.53 bits per heavy atom. The molecule has 0 saturated carbocycles. The Labute approximate surface area is 88.6 Å². The van der Waals surface area contributed by atoms with Gasteiger partial charge in [0.05, 0.1) is 10.6 Å². The van der Waals surface area contributed by atoms with Crippen LogP contribution in [0.1, 0.15) is 6.92 Å². The molecule has 0 aromatic heterocycles. The Balaban J connectivity index is 3.13. The molecule has 6 heteroatoms. The molecule has 0 saturated heterocycles. The van der Waals surface area contributed by atoms with Crippen molar-refractivity contribution in [2.24, 2.45) is 0 Å². The van der Waals surface area contributed by atoms with E-state index in [1.165, 1.54) is 12.1 Å². The van der Waals surface area contributed by atoms with Crippen molar-refractivity contribution < 1.29 is 12.8 Å². The second kappa shape index (κ2) is 4.59. The van der Waals surface area contributed by atoms with Gasteiger partial charge in [-0.15, -0.1) is 0 Å². The molecule has 0 aliphatic rings. The Morgan fingerprint density at radius 1 is 1.40 bits per heavy atom. The van der Waals surface area contributed by atoms with E-state index in [0.717, 1.165) is 6.07 Å². The topological polar surface area (TPSA) is 58.2 Å². The molecule has 0 radical (unpaired) electrons. The second-order valence-electron chi connectivity index (χ2n) is 2.89. The van der Waals surface area contributed by atoms with Crippen molar-refractivity contribution in [1.82, 2.24) is 4.72 Å². The van der Waals surface area contributed by atoms with Crippen molar-refractivity contribution in [3.8, 4) is 0 Å². The first-order valence-corrected chi connectivity index (χ1v) is 5.96. The molecule has 0 atom stereocenters. The Bertz CT molecular complexity index is 445. The van der Waals surface area contributed by atoms with Crippen LogP contribution in [0.5, 0.6) is 0 Å². The molecule has 0 aliphatic carbocycles. The number of rotatable bonds is 4. The monoisotopic (exact) mass is 232 g/mol. The number of sulfonamides is 1. The summed E-state index contributed by atoms with van der Waals surface area (Å²) >= 11 is 0. The Kier molecular flexibility index (Phi) is 3.65. The van der Waals surface area contributed by atoms with Gasteiger partial charge in [-0.05, 0) is 18.2 Å². The van der Waals surface area contributed by atoms with E-state index in [-0.39, 0.29) is 17.1 Å². The second-order valence-corrected chi connectivity index (χ2v) is 4.66. The van der Waals surface area contributed by atoms with Gasteiger partial charge in [-0.1, -0.05) is 6.92 Å². The van der Waals surface area contributed by atoms with E-state index < -0.39 is 15.8 Å². The molecule has 0 bridgehead atoms. The van der Waals surface area contributed by atoms with Gasteiger partial charge in [-0.2, -0.15) is 0 Å². The molecule has 0 amide bonds. The van der Waals surface area contributed by atoms with E-state index in [2.05, 4.69) is 10.0 Å². The quantitative estimate of drug-likeness (QED) is 0.819. The Hall–Kier alpha value is -1.14. The van der Waals surface area contributed by atoms with E-state index >= 15 is 0 Å². The van der Waals surface area contributed by atoms with Crippen molar-refractivity contribution in [3.05, 3.63) is 24.0 Å². The minimum absolute atomic E-state index is 0.0687. The van der Waals surface area contributed by atoms with Crippen LogP contribution in [-0.2, 0) is 10.0 Å². The maximum Gasteiger partial charge on any atom is 0.240 e. The third-order valence-electron chi connectivity index (χ3n) is 1.85. The number of anilines is 1. The average molecular weight is 232 g/mol. The van der Waals surface area contributed by atoms with Crippen LogP contribution in [0.2, 0.25) is 0 Å². The number of hydrogen-bond acceptors (Lipinski definition) is 3. The van der Waals surface area contributed by atoms with Crippen LogP contribution in [0.15, 0.2) is 23.1 Å². The van der Waals surface area contributed by atoms with Crippen LogP contribution in [0.4, 0.5) is 10.1 Å². The highest BCUT2D eigenvalue weighted by molar-refractivity contribution is 7.89. The summed E-state index contributed by atoms with van der Waals surface area (Å²) in [4.78, 5) is -0.0687. The third-order valence-corrected chi connectivity index (χ3v) is 3.40. The number of halogens is 1. The van der Waals surface area contributed by atoms with E-state index in [1.54, 1.807) is 14.0 Å². The molecule has 1 aromatic rings. The van der Waals surface area contributed by atoms with Crippen LogP contribution >= 0.6 is 0 Å². The predicted octanol–water partition coefficient (Wildman–Crippen LogP) is 1.17. The average Bonchev–Trinajstić information content (AvgIpc) is 2.17. The highest BCUT2D eigenvalue weighted by Gasteiger charge is 2.14. The molecule has 0 spiro atoms. The van der Waals surface area contributed by atoms with Gasteiger partial charge in [0.2, 0.25) is 10.0 Å². The molecule has 0 heterocycles. The maximum absolute atomic E-state index is 13.3. The highest BCUT2D eigenvalue weighted by atomic mass is 32.2. The molecule has 0 fully saturated rings. The van der Waals surface area contributed by atoms with E-state index in [9.17, 15) is 12.8 Å². The zero-order valence-corrected chi connectivity index (χ0v) is 9.36. The van der Waals surface area contributed by atoms with Crippen LogP contribution in [0.25, 0.3) is 0 Å². The number of nitrogens with one attached hydrogen (secondary N) is 2. The van der Waals surface area contributed by atoms with Gasteiger partial charge in [0.25, 0.3) is 0 Å². The zero-order valence-electron chi connectivity index (χ0n) is 8.54. The first-order valence-electron chi connectivity index (χ1n) is 4.48. The minimum Gasteiger partial charge on any atom is -0.386 e. The van der Waals surface area contributed by atoms with E-state index in [4.69, 9.17) is 0 Å². The largest absolute Gasteiger partial charge is 0.386 e. The normalized spacial score (nSPS) is 11.4. The Morgan fingerprint density at radius 2 is 2.07 bits per heavy atom. The fourth-order valence-electron chi connectivity index (χ4n) is 1.14. The summed E-state index contributed by atoms with van der Waals surface area (Å²) in [6.07, 6.45) is 0. The van der Waals surface area contributed by atoms with Crippen LogP contribution in [0, 0.1) is 5.82 Å². The molecule has 0 unspecified atom stereocenters. The van der Waals surface area contributed by atoms with Gasteiger partial charge < -0.3 is 5.32 Å². The molecular formula is C9H13FN2O2S. The molecule has 15 heavy (non-hydrogen) atoms. The summed E-state index contributed by atoms with van der Waals surface area (Å²) in [5.74, 6) is -0.587. The highest BCUT2D eigenvalue weighted by Crippen LogP contribution is 2.18. The van der Waals surface area contributed by atoms with Gasteiger partial charge >= 0.3 is 0 Å². The lowest BCUT2D eigenvalue weighted by Crippen LogP contribution is -2.23. The molecule has 4 nitrogen and oxygen atoms in total. The summed E-state index contributed by atoms with van der Waals surface area (Å²) in [5.41, 5.74) is 0.269.